The van der Waals surface area contributed by atoms with E-state index in [1.165, 1.54) is 5.56 Å². The fourth-order valence-corrected chi connectivity index (χ4v) is 3.30. The van der Waals surface area contributed by atoms with Crippen LogP contribution in [-0.2, 0) is 17.8 Å². The van der Waals surface area contributed by atoms with Crippen molar-refractivity contribution in [1.82, 2.24) is 4.57 Å². The largest absolute Gasteiger partial charge is 0.337 e. The Morgan fingerprint density at radius 2 is 1.91 bits per heavy atom. The van der Waals surface area contributed by atoms with Crippen molar-refractivity contribution in [2.75, 3.05) is 11.4 Å². The second-order valence-electron chi connectivity index (χ2n) is 5.72. The van der Waals surface area contributed by atoms with Crippen LogP contribution in [0.15, 0.2) is 54.7 Å². The van der Waals surface area contributed by atoms with Crippen molar-refractivity contribution < 1.29 is 4.79 Å². The summed E-state index contributed by atoms with van der Waals surface area (Å²) in [6, 6.07) is 17.9. The number of nitriles is 1. The zero-order chi connectivity index (χ0) is 15.8. The molecule has 0 fully saturated rings. The van der Waals surface area contributed by atoms with Crippen molar-refractivity contribution in [3.05, 3.63) is 65.9 Å². The highest BCUT2D eigenvalue weighted by molar-refractivity contribution is 5.96. The van der Waals surface area contributed by atoms with Gasteiger partial charge in [0.2, 0.25) is 5.91 Å². The summed E-state index contributed by atoms with van der Waals surface area (Å²) >= 11 is 0. The molecule has 3 aromatic rings. The number of benzene rings is 2. The Morgan fingerprint density at radius 1 is 1.13 bits per heavy atom. The van der Waals surface area contributed by atoms with Crippen LogP contribution in [0.5, 0.6) is 0 Å². The molecule has 0 saturated heterocycles. The monoisotopic (exact) mass is 301 g/mol. The van der Waals surface area contributed by atoms with Gasteiger partial charge in [-0.2, -0.15) is 5.26 Å². The van der Waals surface area contributed by atoms with Gasteiger partial charge >= 0.3 is 0 Å². The lowest BCUT2D eigenvalue weighted by molar-refractivity contribution is -0.119. The lowest BCUT2D eigenvalue weighted by Crippen LogP contribution is -2.32. The van der Waals surface area contributed by atoms with Crippen LogP contribution in [0.4, 0.5) is 5.69 Å². The molecule has 23 heavy (non-hydrogen) atoms. The zero-order valence-corrected chi connectivity index (χ0v) is 12.6. The van der Waals surface area contributed by atoms with E-state index in [2.05, 4.69) is 12.1 Å². The molecule has 2 aromatic carbocycles. The third-order valence-electron chi connectivity index (χ3n) is 4.40. The maximum atomic E-state index is 12.7. The number of para-hydroxylation sites is 2. The first kappa shape index (κ1) is 13.6. The van der Waals surface area contributed by atoms with Crippen LogP contribution >= 0.6 is 0 Å². The van der Waals surface area contributed by atoms with Crippen LogP contribution in [0, 0.1) is 11.3 Å². The van der Waals surface area contributed by atoms with Crippen molar-refractivity contribution in [3.63, 3.8) is 0 Å². The predicted octanol–water partition coefficient (Wildman–Crippen LogP) is 3.10. The van der Waals surface area contributed by atoms with Gasteiger partial charge in [-0.05, 0) is 24.1 Å². The van der Waals surface area contributed by atoms with Crippen LogP contribution in [0.25, 0.3) is 10.9 Å². The minimum Gasteiger partial charge on any atom is -0.337 e. The van der Waals surface area contributed by atoms with Crippen LogP contribution in [-0.4, -0.2) is 17.0 Å². The van der Waals surface area contributed by atoms with E-state index < -0.39 is 0 Å². The Morgan fingerprint density at radius 3 is 2.78 bits per heavy atom. The molecule has 0 aliphatic carbocycles. The van der Waals surface area contributed by atoms with Gasteiger partial charge in [-0.25, -0.2) is 0 Å². The van der Waals surface area contributed by atoms with Crippen molar-refractivity contribution >= 4 is 22.5 Å². The summed E-state index contributed by atoms with van der Waals surface area (Å²) < 4.78 is 1.87. The summed E-state index contributed by atoms with van der Waals surface area (Å²) in [4.78, 5) is 14.6. The number of rotatable bonds is 2. The first-order valence-corrected chi connectivity index (χ1v) is 7.64. The molecule has 4 nitrogen and oxygen atoms in total. The molecule has 0 radical (unpaired) electrons. The summed E-state index contributed by atoms with van der Waals surface area (Å²) in [5, 5.41) is 10.2. The quantitative estimate of drug-likeness (QED) is 0.730. The van der Waals surface area contributed by atoms with Gasteiger partial charge in [0.1, 0.15) is 12.6 Å². The lowest BCUT2D eigenvalue weighted by Gasteiger charge is -2.18. The number of carbonyl (C=O) groups is 1. The number of amides is 1. The average molecular weight is 301 g/mol. The Bertz CT molecular complexity index is 949. The number of hydrogen-bond acceptors (Lipinski definition) is 2. The van der Waals surface area contributed by atoms with Crippen molar-refractivity contribution in [1.29, 1.82) is 5.26 Å². The molecule has 0 unspecified atom stereocenters. The molecule has 1 aliphatic rings. The fourth-order valence-electron chi connectivity index (χ4n) is 3.30. The van der Waals surface area contributed by atoms with Crippen molar-refractivity contribution in [3.8, 4) is 6.07 Å². The van der Waals surface area contributed by atoms with E-state index in [1.54, 1.807) is 6.20 Å². The van der Waals surface area contributed by atoms with Gasteiger partial charge in [-0.1, -0.05) is 36.4 Å². The predicted molar refractivity (Wildman–Crippen MR) is 89.2 cm³/mol. The summed E-state index contributed by atoms with van der Waals surface area (Å²) in [5.74, 6) is 0.0557. The molecule has 112 valence electrons. The molecule has 0 N–H and O–H groups in total. The molecule has 0 bridgehead atoms. The van der Waals surface area contributed by atoms with Crippen LogP contribution < -0.4 is 4.90 Å². The highest BCUT2D eigenvalue weighted by atomic mass is 16.2. The molecule has 0 atom stereocenters. The highest BCUT2D eigenvalue weighted by Gasteiger charge is 2.24. The summed E-state index contributed by atoms with van der Waals surface area (Å²) in [6.07, 6.45) is 2.67. The summed E-state index contributed by atoms with van der Waals surface area (Å²) in [7, 11) is 0. The van der Waals surface area contributed by atoms with Gasteiger partial charge < -0.3 is 9.47 Å². The van der Waals surface area contributed by atoms with E-state index in [1.807, 2.05) is 51.9 Å². The van der Waals surface area contributed by atoms with E-state index in [4.69, 9.17) is 0 Å². The molecular weight excluding hydrogens is 286 g/mol. The maximum Gasteiger partial charge on any atom is 0.246 e. The lowest BCUT2D eigenvalue weighted by atomic mass is 10.2. The minimum atomic E-state index is 0.0557. The molecule has 1 amide bonds. The SMILES string of the molecule is N#Cc1cn(CC(=O)N2CCc3ccccc32)c2ccccc12. The van der Waals surface area contributed by atoms with Gasteiger partial charge in [-0.15, -0.1) is 0 Å². The maximum absolute atomic E-state index is 12.7. The van der Waals surface area contributed by atoms with Crippen molar-refractivity contribution in [2.24, 2.45) is 0 Å². The number of carbonyl (C=O) groups excluding carboxylic acids is 1. The molecule has 4 rings (SSSR count). The van der Waals surface area contributed by atoms with Gasteiger partial charge in [-0.3, -0.25) is 4.79 Å². The molecule has 1 aliphatic heterocycles. The number of aromatic nitrogens is 1. The average Bonchev–Trinajstić information content (AvgIpc) is 3.17. The van der Waals surface area contributed by atoms with Gasteiger partial charge in [0, 0.05) is 29.3 Å². The molecule has 0 saturated carbocycles. The minimum absolute atomic E-state index is 0.0557. The van der Waals surface area contributed by atoms with Gasteiger partial charge in [0.05, 0.1) is 5.56 Å². The second kappa shape index (κ2) is 5.29. The number of anilines is 1. The third kappa shape index (κ3) is 2.18. The van der Waals surface area contributed by atoms with Crippen LogP contribution in [0.3, 0.4) is 0 Å². The fraction of sp³-hybridized carbons (Fsp3) is 0.158. The molecule has 4 heteroatoms. The topological polar surface area (TPSA) is 49.0 Å². The zero-order valence-electron chi connectivity index (χ0n) is 12.6. The molecule has 1 aromatic heterocycles. The van der Waals surface area contributed by atoms with Gasteiger partial charge in [0.15, 0.2) is 0 Å². The molecule has 0 spiro atoms. The van der Waals surface area contributed by atoms with E-state index in [9.17, 15) is 10.1 Å². The Kier molecular flexibility index (Phi) is 3.13. The summed E-state index contributed by atoms with van der Waals surface area (Å²) in [5.41, 5.74) is 3.76. The van der Waals surface area contributed by atoms with Crippen molar-refractivity contribution in [2.45, 2.75) is 13.0 Å². The number of fused-ring (bicyclic) bond motifs is 2. The van der Waals surface area contributed by atoms with E-state index in [0.717, 1.165) is 29.6 Å². The van der Waals surface area contributed by atoms with E-state index in [0.29, 0.717) is 5.56 Å². The third-order valence-corrected chi connectivity index (χ3v) is 4.40. The standard InChI is InChI=1S/C19H15N3O/c20-11-15-12-21(18-8-4-2-6-16(15)18)13-19(23)22-10-9-14-5-1-3-7-17(14)22/h1-8,12H,9-10,13H2. The van der Waals surface area contributed by atoms with Gasteiger partial charge in [0.25, 0.3) is 0 Å². The van der Waals surface area contributed by atoms with E-state index in [-0.39, 0.29) is 12.5 Å². The summed E-state index contributed by atoms with van der Waals surface area (Å²) in [6.45, 7) is 0.971. The first-order valence-electron chi connectivity index (χ1n) is 7.64. The molecule has 2 heterocycles. The second-order valence-corrected chi connectivity index (χ2v) is 5.72. The smallest absolute Gasteiger partial charge is 0.246 e. The molecular formula is C19H15N3O. The van der Waals surface area contributed by atoms with Crippen LogP contribution in [0.2, 0.25) is 0 Å². The first-order chi connectivity index (χ1) is 11.3. The number of nitrogens with zero attached hydrogens (tertiary/aromatic N) is 3. The van der Waals surface area contributed by atoms with E-state index >= 15 is 0 Å². The Labute approximate surface area is 134 Å². The number of hydrogen-bond donors (Lipinski definition) is 0. The Hall–Kier alpha value is -3.06. The van der Waals surface area contributed by atoms with Crippen LogP contribution in [0.1, 0.15) is 11.1 Å². The Balaban J connectivity index is 1.67. The highest BCUT2D eigenvalue weighted by Crippen LogP contribution is 2.28. The normalized spacial score (nSPS) is 13.1.